The first kappa shape index (κ1) is 15.6. The van der Waals surface area contributed by atoms with Crippen LogP contribution in [0.25, 0.3) is 11.2 Å². The third-order valence-electron chi connectivity index (χ3n) is 4.16. The van der Waals surface area contributed by atoms with Gasteiger partial charge in [0.15, 0.2) is 17.3 Å². The molecule has 11 heteroatoms. The van der Waals surface area contributed by atoms with Crippen LogP contribution < -0.4 is 10.5 Å². The number of hydrogen-bond acceptors (Lipinski definition) is 9. The van der Waals surface area contributed by atoms with Gasteiger partial charge in [0, 0.05) is 10.5 Å². The lowest BCUT2D eigenvalue weighted by molar-refractivity contribution is -0.0529. The summed E-state index contributed by atoms with van der Waals surface area (Å²) in [4.78, 5) is 12.7. The minimum atomic E-state index is -2.10. The van der Waals surface area contributed by atoms with Gasteiger partial charge in [0.2, 0.25) is 11.8 Å². The standard InChI is InChI=1S/C13H17N5O5P/c1-3-20-11-8-10(16-13(14)17-11)18(5-15-8)12-6(2)9-7(22-12)4-21-24(19)23-9/h5-7,9,12H,3-4H2,1-2H3,(H2,14,16,17)/q+1. The summed E-state index contributed by atoms with van der Waals surface area (Å²) in [5.74, 6) is 0.366. The Kier molecular flexibility index (Phi) is 3.84. The molecule has 10 nitrogen and oxygen atoms in total. The second-order valence-corrected chi connectivity index (χ2v) is 6.57. The van der Waals surface area contributed by atoms with Crippen molar-refractivity contribution in [1.82, 2.24) is 19.5 Å². The molecule has 0 aromatic carbocycles. The summed E-state index contributed by atoms with van der Waals surface area (Å²) in [6.45, 7) is 4.49. The molecule has 24 heavy (non-hydrogen) atoms. The topological polar surface area (TPSA) is 124 Å². The minimum Gasteiger partial charge on any atom is -0.476 e. The van der Waals surface area contributed by atoms with Gasteiger partial charge in [-0.1, -0.05) is 6.92 Å². The third kappa shape index (κ3) is 2.42. The zero-order chi connectivity index (χ0) is 16.8. The molecule has 2 aromatic rings. The molecule has 2 aliphatic rings. The molecular formula is C13H17N5O5P+. The lowest BCUT2D eigenvalue weighted by Crippen LogP contribution is -2.33. The van der Waals surface area contributed by atoms with E-state index in [0.717, 1.165) is 0 Å². The third-order valence-corrected chi connectivity index (χ3v) is 4.94. The van der Waals surface area contributed by atoms with Gasteiger partial charge in [0.05, 0.1) is 12.9 Å². The lowest BCUT2D eigenvalue weighted by Gasteiger charge is -2.17. The molecule has 2 aliphatic heterocycles. The van der Waals surface area contributed by atoms with Gasteiger partial charge in [-0.25, -0.2) is 4.98 Å². The fraction of sp³-hybridized carbons (Fsp3) is 0.615. The van der Waals surface area contributed by atoms with Gasteiger partial charge >= 0.3 is 8.25 Å². The summed E-state index contributed by atoms with van der Waals surface area (Å²) >= 11 is 0. The Labute approximate surface area is 138 Å². The molecule has 0 radical (unpaired) electrons. The minimum absolute atomic E-state index is 0.0676. The highest BCUT2D eigenvalue weighted by Crippen LogP contribution is 2.46. The number of rotatable bonds is 3. The van der Waals surface area contributed by atoms with Gasteiger partial charge in [0.1, 0.15) is 18.9 Å². The zero-order valence-corrected chi connectivity index (χ0v) is 14.1. The van der Waals surface area contributed by atoms with Crippen LogP contribution in [0.1, 0.15) is 20.1 Å². The van der Waals surface area contributed by atoms with Crippen LogP contribution in [0.5, 0.6) is 5.88 Å². The number of fused-ring (bicyclic) bond motifs is 2. The predicted octanol–water partition coefficient (Wildman–Crippen LogP) is 1.41. The van der Waals surface area contributed by atoms with E-state index in [0.29, 0.717) is 23.7 Å². The Morgan fingerprint density at radius 2 is 2.33 bits per heavy atom. The van der Waals surface area contributed by atoms with E-state index in [9.17, 15) is 4.57 Å². The first-order chi connectivity index (χ1) is 11.6. The van der Waals surface area contributed by atoms with Gasteiger partial charge < -0.3 is 15.2 Å². The van der Waals surface area contributed by atoms with Gasteiger partial charge in [-0.15, -0.1) is 9.05 Å². The summed E-state index contributed by atoms with van der Waals surface area (Å²) in [5.41, 5.74) is 6.82. The van der Waals surface area contributed by atoms with E-state index in [4.69, 9.17) is 24.3 Å². The molecule has 2 aromatic heterocycles. The Morgan fingerprint density at radius 1 is 1.50 bits per heavy atom. The first-order valence-electron chi connectivity index (χ1n) is 7.63. The van der Waals surface area contributed by atoms with Gasteiger partial charge in [-0.05, 0) is 6.92 Å². The monoisotopic (exact) mass is 354 g/mol. The summed E-state index contributed by atoms with van der Waals surface area (Å²) in [6.07, 6.45) is 0.621. The number of nitrogen functional groups attached to an aromatic ring is 1. The van der Waals surface area contributed by atoms with Crippen molar-refractivity contribution in [3.63, 3.8) is 0 Å². The van der Waals surface area contributed by atoms with Crippen molar-refractivity contribution >= 4 is 25.4 Å². The van der Waals surface area contributed by atoms with E-state index < -0.39 is 8.25 Å². The molecule has 0 spiro atoms. The van der Waals surface area contributed by atoms with Crippen molar-refractivity contribution < 1.29 is 23.1 Å². The van der Waals surface area contributed by atoms with Crippen LogP contribution in [0.3, 0.4) is 0 Å². The lowest BCUT2D eigenvalue weighted by atomic mass is 10.0. The normalized spacial score (nSPS) is 31.3. The number of aromatic nitrogens is 4. The van der Waals surface area contributed by atoms with Gasteiger partial charge in [-0.2, -0.15) is 9.97 Å². The van der Waals surface area contributed by atoms with E-state index in [2.05, 4.69) is 15.0 Å². The summed E-state index contributed by atoms with van der Waals surface area (Å²) in [7, 11) is -2.10. The van der Waals surface area contributed by atoms with Crippen molar-refractivity contribution in [2.75, 3.05) is 18.9 Å². The zero-order valence-electron chi connectivity index (χ0n) is 13.2. The molecule has 0 aliphatic carbocycles. The Hall–Kier alpha value is -1.87. The molecule has 2 saturated heterocycles. The quantitative estimate of drug-likeness (QED) is 0.815. The second-order valence-electron chi connectivity index (χ2n) is 5.66. The first-order valence-corrected chi connectivity index (χ1v) is 8.73. The van der Waals surface area contributed by atoms with Crippen molar-refractivity contribution in [1.29, 1.82) is 0 Å². The molecule has 0 amide bonds. The van der Waals surface area contributed by atoms with Crippen molar-refractivity contribution in [3.05, 3.63) is 6.33 Å². The number of hydrogen-bond donors (Lipinski definition) is 1. The SMILES string of the molecule is CCOc1nc(N)nc2c1ncn2C1OC2CO[P+](=O)OC2C1C. The molecule has 0 bridgehead atoms. The predicted molar refractivity (Wildman–Crippen MR) is 82.4 cm³/mol. The number of anilines is 1. The molecule has 4 heterocycles. The maximum absolute atomic E-state index is 11.5. The van der Waals surface area contributed by atoms with Crippen LogP contribution in [-0.2, 0) is 18.3 Å². The maximum atomic E-state index is 11.5. The molecule has 4 rings (SSSR count). The van der Waals surface area contributed by atoms with E-state index in [1.807, 2.05) is 13.8 Å². The molecule has 2 N–H and O–H groups in total. The van der Waals surface area contributed by atoms with E-state index in [1.165, 1.54) is 0 Å². The molecular weight excluding hydrogens is 337 g/mol. The molecule has 128 valence electrons. The number of ether oxygens (including phenoxy) is 2. The summed E-state index contributed by atoms with van der Waals surface area (Å²) in [5, 5.41) is 0. The van der Waals surface area contributed by atoms with Crippen molar-refractivity contribution in [2.24, 2.45) is 5.92 Å². The highest BCUT2D eigenvalue weighted by Gasteiger charge is 2.53. The van der Waals surface area contributed by atoms with Crippen LogP contribution in [0, 0.1) is 5.92 Å². The van der Waals surface area contributed by atoms with Crippen molar-refractivity contribution in [3.8, 4) is 5.88 Å². The largest absolute Gasteiger partial charge is 0.697 e. The Balaban J connectivity index is 1.73. The van der Waals surface area contributed by atoms with E-state index in [1.54, 1.807) is 10.9 Å². The van der Waals surface area contributed by atoms with Crippen LogP contribution in [0.4, 0.5) is 5.95 Å². The average Bonchev–Trinajstić information content (AvgIpc) is 3.09. The fourth-order valence-corrected chi connectivity index (χ4v) is 3.95. The van der Waals surface area contributed by atoms with Crippen molar-refractivity contribution in [2.45, 2.75) is 32.3 Å². The average molecular weight is 354 g/mol. The van der Waals surface area contributed by atoms with Gasteiger partial charge in [0.25, 0.3) is 0 Å². The molecule has 0 saturated carbocycles. The highest BCUT2D eigenvalue weighted by atomic mass is 31.1. The molecule has 5 unspecified atom stereocenters. The maximum Gasteiger partial charge on any atom is 0.697 e. The number of nitrogens with zero attached hydrogens (tertiary/aromatic N) is 4. The second kappa shape index (κ2) is 5.89. The fourth-order valence-electron chi connectivity index (χ4n) is 3.09. The smallest absolute Gasteiger partial charge is 0.476 e. The van der Waals surface area contributed by atoms with Crippen LogP contribution in [0.15, 0.2) is 6.33 Å². The Bertz CT molecular complexity index is 798. The van der Waals surface area contributed by atoms with Gasteiger partial charge in [-0.3, -0.25) is 4.57 Å². The van der Waals surface area contributed by atoms with Crippen LogP contribution in [-0.4, -0.2) is 44.9 Å². The molecule has 2 fully saturated rings. The van der Waals surface area contributed by atoms with Crippen LogP contribution in [0.2, 0.25) is 0 Å². The van der Waals surface area contributed by atoms with E-state index >= 15 is 0 Å². The van der Waals surface area contributed by atoms with Crippen LogP contribution >= 0.6 is 8.25 Å². The summed E-state index contributed by atoms with van der Waals surface area (Å²) < 4.78 is 35.2. The Morgan fingerprint density at radius 3 is 3.12 bits per heavy atom. The molecule has 5 atom stereocenters. The number of nitrogens with two attached hydrogens (primary N) is 1. The number of imidazole rings is 1. The van der Waals surface area contributed by atoms with E-state index in [-0.39, 0.29) is 36.9 Å². The summed E-state index contributed by atoms with van der Waals surface area (Å²) in [6, 6.07) is 0. The highest BCUT2D eigenvalue weighted by molar-refractivity contribution is 7.33.